The van der Waals surface area contributed by atoms with Gasteiger partial charge in [-0.15, -0.1) is 0 Å². The van der Waals surface area contributed by atoms with E-state index in [9.17, 15) is 14.4 Å². The van der Waals surface area contributed by atoms with Crippen LogP contribution < -0.4 is 25.5 Å². The van der Waals surface area contributed by atoms with Gasteiger partial charge < -0.3 is 24.8 Å². The van der Waals surface area contributed by atoms with E-state index in [2.05, 4.69) is 21.2 Å². The highest BCUT2D eigenvalue weighted by Gasteiger charge is 2.16. The van der Waals surface area contributed by atoms with Gasteiger partial charge in [0.15, 0.2) is 6.61 Å². The highest BCUT2D eigenvalue weighted by atomic mass is 16.5. The summed E-state index contributed by atoms with van der Waals surface area (Å²) in [6.45, 7) is 1.12. The standard InChI is InChI=1S/C28H28N4O6/c33-26(29-18-25-7-4-16-36-25)19-37-22-12-8-20(9-13-22)17-30-32-28(35)27(34)31-21-10-14-24(15-11-21)38-23-5-2-1-3-6-23/h1-3,5-6,8-15,17,25H,4,7,16,18-19H2,(H,29,33)(H,31,34)(H,32,35)/b30-17-/t25-/m0/s1. The molecule has 3 amide bonds. The minimum Gasteiger partial charge on any atom is -0.484 e. The van der Waals surface area contributed by atoms with Crippen LogP contribution in [-0.4, -0.2) is 49.8 Å². The van der Waals surface area contributed by atoms with Crippen molar-refractivity contribution < 1.29 is 28.6 Å². The molecule has 196 valence electrons. The second kappa shape index (κ2) is 13.6. The number of benzene rings is 3. The molecule has 0 radical (unpaired) electrons. The number of hydrogen-bond donors (Lipinski definition) is 3. The van der Waals surface area contributed by atoms with E-state index in [1.165, 1.54) is 6.21 Å². The second-order valence-electron chi connectivity index (χ2n) is 8.39. The normalized spacial score (nSPS) is 14.6. The maximum Gasteiger partial charge on any atom is 0.329 e. The van der Waals surface area contributed by atoms with Crippen LogP contribution in [0.2, 0.25) is 0 Å². The van der Waals surface area contributed by atoms with Gasteiger partial charge >= 0.3 is 11.8 Å². The van der Waals surface area contributed by atoms with Gasteiger partial charge in [-0.2, -0.15) is 5.10 Å². The molecule has 0 unspecified atom stereocenters. The highest BCUT2D eigenvalue weighted by Crippen LogP contribution is 2.22. The molecule has 1 aliphatic heterocycles. The van der Waals surface area contributed by atoms with Gasteiger partial charge in [-0.1, -0.05) is 18.2 Å². The summed E-state index contributed by atoms with van der Waals surface area (Å²) in [7, 11) is 0. The molecule has 3 aromatic carbocycles. The van der Waals surface area contributed by atoms with E-state index in [0.29, 0.717) is 35.0 Å². The number of ether oxygens (including phenoxy) is 3. The van der Waals surface area contributed by atoms with Crippen molar-refractivity contribution in [3.05, 3.63) is 84.4 Å². The molecule has 3 aromatic rings. The Morgan fingerprint density at radius 3 is 2.32 bits per heavy atom. The fraction of sp³-hybridized carbons (Fsp3) is 0.214. The van der Waals surface area contributed by atoms with Crippen LogP contribution in [0.15, 0.2) is 84.0 Å². The first-order chi connectivity index (χ1) is 18.5. The maximum absolute atomic E-state index is 12.1. The van der Waals surface area contributed by atoms with Crippen LogP contribution in [0.25, 0.3) is 0 Å². The lowest BCUT2D eigenvalue weighted by molar-refractivity contribution is -0.136. The van der Waals surface area contributed by atoms with E-state index >= 15 is 0 Å². The molecule has 38 heavy (non-hydrogen) atoms. The molecule has 10 nitrogen and oxygen atoms in total. The van der Waals surface area contributed by atoms with Gasteiger partial charge in [-0.25, -0.2) is 5.43 Å². The number of anilines is 1. The largest absolute Gasteiger partial charge is 0.484 e. The molecule has 0 aromatic heterocycles. The van der Waals surface area contributed by atoms with Crippen LogP contribution >= 0.6 is 0 Å². The Hall–Kier alpha value is -4.70. The van der Waals surface area contributed by atoms with Crippen LogP contribution in [0.5, 0.6) is 17.2 Å². The number of carbonyl (C=O) groups excluding carboxylic acids is 3. The summed E-state index contributed by atoms with van der Waals surface area (Å²) in [6, 6.07) is 22.7. The van der Waals surface area contributed by atoms with E-state index in [1.807, 2.05) is 30.3 Å². The number of carbonyl (C=O) groups is 3. The minimum atomic E-state index is -0.917. The monoisotopic (exact) mass is 516 g/mol. The van der Waals surface area contributed by atoms with Gasteiger partial charge in [0, 0.05) is 18.8 Å². The Morgan fingerprint density at radius 2 is 1.61 bits per heavy atom. The van der Waals surface area contributed by atoms with Crippen molar-refractivity contribution in [1.29, 1.82) is 0 Å². The van der Waals surface area contributed by atoms with E-state index in [-0.39, 0.29) is 18.6 Å². The summed E-state index contributed by atoms with van der Waals surface area (Å²) in [5.74, 6) is -0.198. The van der Waals surface area contributed by atoms with Crippen LogP contribution in [0.3, 0.4) is 0 Å². The topological polar surface area (TPSA) is 127 Å². The van der Waals surface area contributed by atoms with Crippen molar-refractivity contribution in [3.8, 4) is 17.2 Å². The summed E-state index contributed by atoms with van der Waals surface area (Å²) >= 11 is 0. The number of rotatable bonds is 10. The SMILES string of the molecule is O=C(COc1ccc(/C=N\NC(=O)C(=O)Nc2ccc(Oc3ccccc3)cc2)cc1)NC[C@@H]1CCCO1. The Labute approximate surface area is 220 Å². The van der Waals surface area contributed by atoms with Crippen molar-refractivity contribution in [2.75, 3.05) is 25.1 Å². The quantitative estimate of drug-likeness (QED) is 0.216. The summed E-state index contributed by atoms with van der Waals surface area (Å²) in [4.78, 5) is 36.1. The van der Waals surface area contributed by atoms with Crippen molar-refractivity contribution in [3.63, 3.8) is 0 Å². The average Bonchev–Trinajstić information content (AvgIpc) is 3.47. The zero-order chi connectivity index (χ0) is 26.6. The molecular formula is C28H28N4O6. The lowest BCUT2D eigenvalue weighted by atomic mass is 10.2. The average molecular weight is 517 g/mol. The first-order valence-electron chi connectivity index (χ1n) is 12.1. The smallest absolute Gasteiger partial charge is 0.329 e. The van der Waals surface area contributed by atoms with Gasteiger partial charge in [0.2, 0.25) is 0 Å². The number of amides is 3. The second-order valence-corrected chi connectivity index (χ2v) is 8.39. The van der Waals surface area contributed by atoms with E-state index in [1.54, 1.807) is 48.5 Å². The number of nitrogens with one attached hydrogen (secondary N) is 3. The summed E-state index contributed by atoms with van der Waals surface area (Å²) in [5.41, 5.74) is 3.28. The number of para-hydroxylation sites is 1. The van der Waals surface area contributed by atoms with Crippen molar-refractivity contribution in [2.24, 2.45) is 5.10 Å². The van der Waals surface area contributed by atoms with Gasteiger partial charge in [0.25, 0.3) is 5.91 Å². The summed E-state index contributed by atoms with van der Waals surface area (Å²) in [6.07, 6.45) is 3.44. The third-order valence-electron chi connectivity index (χ3n) is 5.48. The molecule has 1 saturated heterocycles. The summed E-state index contributed by atoms with van der Waals surface area (Å²) < 4.78 is 16.6. The number of hydrazone groups is 1. The lowest BCUT2D eigenvalue weighted by Crippen LogP contribution is -2.35. The van der Waals surface area contributed by atoms with E-state index < -0.39 is 11.8 Å². The zero-order valence-corrected chi connectivity index (χ0v) is 20.6. The molecule has 3 N–H and O–H groups in total. The number of nitrogens with zero attached hydrogens (tertiary/aromatic N) is 1. The molecule has 4 rings (SSSR count). The third kappa shape index (κ3) is 8.45. The predicted molar refractivity (Wildman–Crippen MR) is 141 cm³/mol. The molecule has 0 saturated carbocycles. The zero-order valence-electron chi connectivity index (χ0n) is 20.6. The fourth-order valence-corrected chi connectivity index (χ4v) is 3.52. The fourth-order valence-electron chi connectivity index (χ4n) is 3.52. The van der Waals surface area contributed by atoms with Crippen LogP contribution in [0.1, 0.15) is 18.4 Å². The van der Waals surface area contributed by atoms with E-state index in [4.69, 9.17) is 14.2 Å². The molecule has 1 heterocycles. The molecule has 1 aliphatic rings. The Balaban J connectivity index is 1.16. The molecule has 10 heteroatoms. The molecule has 1 fully saturated rings. The van der Waals surface area contributed by atoms with Crippen LogP contribution in [0, 0.1) is 0 Å². The molecule has 0 bridgehead atoms. The van der Waals surface area contributed by atoms with Gasteiger partial charge in [0.1, 0.15) is 17.2 Å². The minimum absolute atomic E-state index is 0.0795. The highest BCUT2D eigenvalue weighted by molar-refractivity contribution is 6.39. The van der Waals surface area contributed by atoms with Gasteiger partial charge in [0.05, 0.1) is 12.3 Å². The van der Waals surface area contributed by atoms with Crippen LogP contribution in [-0.2, 0) is 19.1 Å². The molecule has 1 atom stereocenters. The lowest BCUT2D eigenvalue weighted by Gasteiger charge is -2.11. The Kier molecular flexibility index (Phi) is 9.41. The first kappa shape index (κ1) is 26.4. The van der Waals surface area contributed by atoms with Crippen molar-refractivity contribution >= 4 is 29.6 Å². The third-order valence-corrected chi connectivity index (χ3v) is 5.48. The molecular weight excluding hydrogens is 488 g/mol. The summed E-state index contributed by atoms with van der Waals surface area (Å²) in [5, 5.41) is 9.10. The molecule has 0 aliphatic carbocycles. The van der Waals surface area contributed by atoms with Crippen LogP contribution in [0.4, 0.5) is 5.69 Å². The van der Waals surface area contributed by atoms with Crippen molar-refractivity contribution in [1.82, 2.24) is 10.7 Å². The van der Waals surface area contributed by atoms with Crippen molar-refractivity contribution in [2.45, 2.75) is 18.9 Å². The maximum atomic E-state index is 12.1. The Morgan fingerprint density at radius 1 is 0.895 bits per heavy atom. The first-order valence-corrected chi connectivity index (χ1v) is 12.1. The van der Waals surface area contributed by atoms with Gasteiger partial charge in [-0.05, 0) is 79.1 Å². The number of hydrogen-bond acceptors (Lipinski definition) is 7. The predicted octanol–water partition coefficient (Wildman–Crippen LogP) is 3.24. The van der Waals surface area contributed by atoms with Gasteiger partial charge in [-0.3, -0.25) is 14.4 Å². The molecule has 0 spiro atoms. The van der Waals surface area contributed by atoms with E-state index in [0.717, 1.165) is 19.4 Å². The Bertz CT molecular complexity index is 1240.